The fourth-order valence-electron chi connectivity index (χ4n) is 1.88. The predicted molar refractivity (Wildman–Crippen MR) is 65.1 cm³/mol. The van der Waals surface area contributed by atoms with Gasteiger partial charge in [0, 0.05) is 12.6 Å². The highest BCUT2D eigenvalue weighted by molar-refractivity contribution is 7.46. The Hall–Kier alpha value is -1.36. The van der Waals surface area contributed by atoms with Crippen LogP contribution in [0.2, 0.25) is 0 Å². The number of hydrogen-bond acceptors (Lipinski definition) is 7. The molecule has 0 spiro atoms. The first-order chi connectivity index (χ1) is 9.72. The van der Waals surface area contributed by atoms with Crippen LogP contribution in [0.5, 0.6) is 0 Å². The van der Waals surface area contributed by atoms with Crippen LogP contribution in [0.15, 0.2) is 17.1 Å². The van der Waals surface area contributed by atoms with E-state index in [1.807, 2.05) is 0 Å². The lowest BCUT2D eigenvalue weighted by atomic mass is 10.2. The molecule has 1 aliphatic rings. The summed E-state index contributed by atoms with van der Waals surface area (Å²) in [6, 6.07) is 1.27. The molecular formula is C9H13FN3O7P. The number of nitrogens with zero attached hydrogens (tertiary/aromatic N) is 2. The van der Waals surface area contributed by atoms with Crippen molar-refractivity contribution < 1.29 is 33.2 Å². The van der Waals surface area contributed by atoms with Gasteiger partial charge in [-0.05, 0) is 12.5 Å². The molecule has 21 heavy (non-hydrogen) atoms. The molecule has 0 bridgehead atoms. The highest BCUT2D eigenvalue weighted by Gasteiger charge is 2.43. The van der Waals surface area contributed by atoms with Gasteiger partial charge in [-0.3, -0.25) is 19.8 Å². The Morgan fingerprint density at radius 3 is 2.95 bits per heavy atom. The number of halogens is 1. The summed E-state index contributed by atoms with van der Waals surface area (Å²) in [7, 11) is -4.81. The first-order valence-electron chi connectivity index (χ1n) is 5.78. The lowest BCUT2D eigenvalue weighted by molar-refractivity contribution is -0.175. The van der Waals surface area contributed by atoms with Gasteiger partial charge in [0.25, 0.3) is 0 Å². The summed E-state index contributed by atoms with van der Waals surface area (Å²) in [6.07, 6.45) is 0.148. The third kappa shape index (κ3) is 4.06. The number of nitrogens with one attached hydrogen (secondary N) is 1. The molecule has 0 saturated carbocycles. The van der Waals surface area contributed by atoms with E-state index in [4.69, 9.17) is 19.7 Å². The van der Waals surface area contributed by atoms with E-state index in [9.17, 15) is 13.8 Å². The summed E-state index contributed by atoms with van der Waals surface area (Å²) in [6.45, 7) is -0.952. The van der Waals surface area contributed by atoms with Crippen LogP contribution in [-0.4, -0.2) is 37.0 Å². The van der Waals surface area contributed by atoms with E-state index < -0.39 is 32.2 Å². The average molecular weight is 325 g/mol. The van der Waals surface area contributed by atoms with Gasteiger partial charge in [0.15, 0.2) is 5.82 Å². The molecule has 1 aromatic rings. The Morgan fingerprint density at radius 1 is 1.67 bits per heavy atom. The topological polar surface area (TPSA) is 143 Å². The van der Waals surface area contributed by atoms with E-state index in [0.717, 1.165) is 4.57 Å². The van der Waals surface area contributed by atoms with E-state index >= 15 is 0 Å². The Kier molecular flexibility index (Phi) is 4.42. The van der Waals surface area contributed by atoms with Crippen LogP contribution in [0.3, 0.4) is 0 Å². The SMILES string of the molecule is O=c1nc(NO)ccn1[C@H]1CC[C@@](F)(COP(=O)(O)O)O1. The fraction of sp³-hybridized carbons (Fsp3) is 0.556. The van der Waals surface area contributed by atoms with Crippen LogP contribution >= 0.6 is 7.82 Å². The summed E-state index contributed by atoms with van der Waals surface area (Å²) < 4.78 is 34.8. The van der Waals surface area contributed by atoms with E-state index in [-0.39, 0.29) is 18.7 Å². The van der Waals surface area contributed by atoms with Crippen molar-refractivity contribution in [3.05, 3.63) is 22.7 Å². The first kappa shape index (κ1) is 16.0. The standard InChI is InChI=1S/C9H13FN3O7P/c10-9(5-19-21(16,17)18)3-1-7(20-9)13-4-2-6(12-15)11-8(13)14/h2,4,7,15H,1,3,5H2,(H,11,12,14)(H2,16,17,18)/t7-,9+/m1/s1. The molecule has 0 amide bonds. The van der Waals surface area contributed by atoms with Crippen LogP contribution < -0.4 is 11.2 Å². The summed E-state index contributed by atoms with van der Waals surface area (Å²) in [5, 5.41) is 8.61. The van der Waals surface area contributed by atoms with Crippen LogP contribution in [0.25, 0.3) is 0 Å². The third-order valence-electron chi connectivity index (χ3n) is 2.81. The molecule has 1 aromatic heterocycles. The van der Waals surface area contributed by atoms with E-state index in [2.05, 4.69) is 9.51 Å². The second-order valence-electron chi connectivity index (χ2n) is 4.37. The molecule has 118 valence electrons. The second kappa shape index (κ2) is 5.79. The van der Waals surface area contributed by atoms with E-state index in [1.165, 1.54) is 12.3 Å². The summed E-state index contributed by atoms with van der Waals surface area (Å²) in [4.78, 5) is 32.2. The highest BCUT2D eigenvalue weighted by atomic mass is 31.2. The third-order valence-corrected chi connectivity index (χ3v) is 3.28. The van der Waals surface area contributed by atoms with Gasteiger partial charge in [-0.1, -0.05) is 0 Å². The fourth-order valence-corrected chi connectivity index (χ4v) is 2.24. The Bertz CT molecular complexity index is 620. The number of aromatic nitrogens is 2. The number of anilines is 1. The van der Waals surface area contributed by atoms with Crippen molar-refractivity contribution in [3.63, 3.8) is 0 Å². The van der Waals surface area contributed by atoms with E-state index in [0.29, 0.717) is 0 Å². The van der Waals surface area contributed by atoms with E-state index in [1.54, 1.807) is 5.48 Å². The van der Waals surface area contributed by atoms with Gasteiger partial charge in [0.1, 0.15) is 12.8 Å². The molecule has 0 radical (unpaired) electrons. The minimum atomic E-state index is -4.81. The number of phosphoric ester groups is 1. The van der Waals surface area contributed by atoms with Gasteiger partial charge in [-0.25, -0.2) is 13.8 Å². The molecule has 2 rings (SSSR count). The van der Waals surface area contributed by atoms with Crippen molar-refractivity contribution in [1.82, 2.24) is 9.55 Å². The molecule has 0 unspecified atom stereocenters. The van der Waals surface area contributed by atoms with Crippen LogP contribution in [0.4, 0.5) is 10.2 Å². The largest absolute Gasteiger partial charge is 0.469 e. The zero-order valence-electron chi connectivity index (χ0n) is 10.5. The maximum Gasteiger partial charge on any atom is 0.469 e. The van der Waals surface area contributed by atoms with Crippen molar-refractivity contribution in [1.29, 1.82) is 0 Å². The molecular weight excluding hydrogens is 312 g/mol. The molecule has 1 fully saturated rings. The van der Waals surface area contributed by atoms with Crippen molar-refractivity contribution in [2.45, 2.75) is 24.9 Å². The lowest BCUT2D eigenvalue weighted by Gasteiger charge is -2.21. The van der Waals surface area contributed by atoms with Crippen LogP contribution in [0, 0.1) is 0 Å². The second-order valence-corrected chi connectivity index (χ2v) is 5.61. The molecule has 4 N–H and O–H groups in total. The van der Waals surface area contributed by atoms with Gasteiger partial charge in [0.05, 0.1) is 0 Å². The molecule has 0 aliphatic carbocycles. The minimum absolute atomic E-state index is 0.0782. The first-order valence-corrected chi connectivity index (χ1v) is 7.32. The van der Waals surface area contributed by atoms with Crippen molar-refractivity contribution in [2.24, 2.45) is 0 Å². The molecule has 2 atom stereocenters. The Morgan fingerprint density at radius 2 is 2.38 bits per heavy atom. The minimum Gasteiger partial charge on any atom is -0.320 e. The van der Waals surface area contributed by atoms with Crippen molar-refractivity contribution in [3.8, 4) is 0 Å². The Balaban J connectivity index is 2.08. The molecule has 2 heterocycles. The maximum absolute atomic E-state index is 14.2. The summed E-state index contributed by atoms with van der Waals surface area (Å²) in [5.74, 6) is -2.48. The normalized spacial score (nSPS) is 26.0. The zero-order valence-corrected chi connectivity index (χ0v) is 11.4. The highest BCUT2D eigenvalue weighted by Crippen LogP contribution is 2.42. The molecule has 10 nitrogen and oxygen atoms in total. The molecule has 1 saturated heterocycles. The maximum atomic E-state index is 14.2. The van der Waals surface area contributed by atoms with Gasteiger partial charge in [-0.15, -0.1) is 0 Å². The zero-order chi connectivity index (χ0) is 15.7. The van der Waals surface area contributed by atoms with Gasteiger partial charge in [-0.2, -0.15) is 4.98 Å². The molecule has 12 heteroatoms. The van der Waals surface area contributed by atoms with Crippen LogP contribution in [-0.2, 0) is 13.8 Å². The number of ether oxygens (including phenoxy) is 1. The van der Waals surface area contributed by atoms with Crippen molar-refractivity contribution >= 4 is 13.6 Å². The van der Waals surface area contributed by atoms with Crippen molar-refractivity contribution in [2.75, 3.05) is 12.1 Å². The van der Waals surface area contributed by atoms with Gasteiger partial charge in [0.2, 0.25) is 5.85 Å². The number of rotatable bonds is 5. The summed E-state index contributed by atoms with van der Waals surface area (Å²) in [5.41, 5.74) is 0.914. The number of hydrogen-bond donors (Lipinski definition) is 4. The predicted octanol–water partition coefficient (Wildman–Crippen LogP) is 0.129. The van der Waals surface area contributed by atoms with Gasteiger partial charge < -0.3 is 14.5 Å². The summed E-state index contributed by atoms with van der Waals surface area (Å²) >= 11 is 0. The number of alkyl halides is 1. The monoisotopic (exact) mass is 325 g/mol. The Labute approximate surface area is 117 Å². The smallest absolute Gasteiger partial charge is 0.320 e. The van der Waals surface area contributed by atoms with Gasteiger partial charge >= 0.3 is 13.5 Å². The molecule has 1 aliphatic heterocycles. The number of phosphoric acid groups is 1. The quantitative estimate of drug-likeness (QED) is 0.438. The lowest BCUT2D eigenvalue weighted by Crippen LogP contribution is -2.32. The average Bonchev–Trinajstić information content (AvgIpc) is 2.79. The molecule has 0 aromatic carbocycles. The van der Waals surface area contributed by atoms with Crippen LogP contribution in [0.1, 0.15) is 19.1 Å².